The fraction of sp³-hybridized carbons (Fsp3) is 0.533. The van der Waals surface area contributed by atoms with Gasteiger partial charge in [0, 0.05) is 31.0 Å². The smallest absolute Gasteiger partial charge is 0.252 e. The van der Waals surface area contributed by atoms with Crippen molar-refractivity contribution in [1.29, 1.82) is 0 Å². The molecule has 108 valence electrons. The summed E-state index contributed by atoms with van der Waals surface area (Å²) < 4.78 is 0. The summed E-state index contributed by atoms with van der Waals surface area (Å²) in [6.45, 7) is 5.50. The van der Waals surface area contributed by atoms with Gasteiger partial charge in [0.15, 0.2) is 0 Å². The summed E-state index contributed by atoms with van der Waals surface area (Å²) in [5.74, 6) is -0.132. The van der Waals surface area contributed by atoms with E-state index in [0.29, 0.717) is 5.56 Å². The van der Waals surface area contributed by atoms with Crippen molar-refractivity contribution in [3.05, 3.63) is 30.1 Å². The van der Waals surface area contributed by atoms with E-state index >= 15 is 0 Å². The molecule has 1 N–H and O–H groups in total. The zero-order valence-electron chi connectivity index (χ0n) is 12.0. The molecule has 0 aliphatic carbocycles. The van der Waals surface area contributed by atoms with Gasteiger partial charge in [0.25, 0.3) is 5.91 Å². The van der Waals surface area contributed by atoms with Crippen molar-refractivity contribution < 1.29 is 9.59 Å². The van der Waals surface area contributed by atoms with Gasteiger partial charge in [-0.1, -0.05) is 13.8 Å². The van der Waals surface area contributed by atoms with Crippen molar-refractivity contribution in [3.8, 4) is 0 Å². The van der Waals surface area contributed by atoms with Gasteiger partial charge in [-0.25, -0.2) is 0 Å². The maximum atomic E-state index is 12.5. The van der Waals surface area contributed by atoms with Gasteiger partial charge in [-0.15, -0.1) is 0 Å². The number of hydrogen-bond acceptors (Lipinski definition) is 3. The number of aromatic nitrogens is 1. The number of carbonyl (C=O) groups is 2. The molecule has 0 saturated carbocycles. The molecule has 20 heavy (non-hydrogen) atoms. The van der Waals surface area contributed by atoms with Gasteiger partial charge in [-0.3, -0.25) is 14.6 Å². The minimum Gasteiger partial charge on any atom is -0.341 e. The highest BCUT2D eigenvalue weighted by atomic mass is 16.2. The van der Waals surface area contributed by atoms with Crippen LogP contribution in [0.2, 0.25) is 0 Å². The van der Waals surface area contributed by atoms with Gasteiger partial charge in [0.1, 0.15) is 6.04 Å². The standard InChI is InChI=1S/C15H21N3O2/c1-11(2)13(15(20)18-9-3-4-10-18)17-14(19)12-5-7-16-8-6-12/h5-8,11,13H,3-4,9-10H2,1-2H3,(H,17,19)/t13-/m0/s1. The van der Waals surface area contributed by atoms with Crippen LogP contribution in [0.1, 0.15) is 37.0 Å². The highest BCUT2D eigenvalue weighted by molar-refractivity contribution is 5.97. The number of nitrogens with one attached hydrogen (secondary N) is 1. The molecular weight excluding hydrogens is 254 g/mol. The number of hydrogen-bond donors (Lipinski definition) is 1. The molecular formula is C15H21N3O2. The van der Waals surface area contributed by atoms with Crippen molar-refractivity contribution >= 4 is 11.8 Å². The first-order valence-electron chi connectivity index (χ1n) is 7.09. The van der Waals surface area contributed by atoms with E-state index in [1.54, 1.807) is 24.5 Å². The van der Waals surface area contributed by atoms with Crippen LogP contribution in [0.4, 0.5) is 0 Å². The monoisotopic (exact) mass is 275 g/mol. The van der Waals surface area contributed by atoms with Crippen LogP contribution in [0.3, 0.4) is 0 Å². The zero-order valence-corrected chi connectivity index (χ0v) is 12.0. The Balaban J connectivity index is 2.05. The molecule has 0 radical (unpaired) electrons. The Morgan fingerprint density at radius 2 is 1.80 bits per heavy atom. The normalized spacial score (nSPS) is 16.2. The van der Waals surface area contributed by atoms with E-state index < -0.39 is 6.04 Å². The van der Waals surface area contributed by atoms with Crippen molar-refractivity contribution in [1.82, 2.24) is 15.2 Å². The lowest BCUT2D eigenvalue weighted by molar-refractivity contribution is -0.133. The number of amides is 2. The van der Waals surface area contributed by atoms with Gasteiger partial charge in [0.2, 0.25) is 5.91 Å². The van der Waals surface area contributed by atoms with E-state index in [-0.39, 0.29) is 17.7 Å². The number of rotatable bonds is 4. The van der Waals surface area contributed by atoms with Crippen molar-refractivity contribution in [2.24, 2.45) is 5.92 Å². The Morgan fingerprint density at radius 1 is 1.20 bits per heavy atom. The third-order valence-electron chi connectivity index (χ3n) is 3.58. The Hall–Kier alpha value is -1.91. The summed E-state index contributed by atoms with van der Waals surface area (Å²) in [6, 6.07) is 2.83. The molecule has 0 spiro atoms. The molecule has 1 aliphatic rings. The van der Waals surface area contributed by atoms with Crippen LogP contribution in [-0.4, -0.2) is 40.8 Å². The van der Waals surface area contributed by atoms with Crippen molar-refractivity contribution in [3.63, 3.8) is 0 Å². The number of likely N-dealkylation sites (tertiary alicyclic amines) is 1. The quantitative estimate of drug-likeness (QED) is 0.905. The largest absolute Gasteiger partial charge is 0.341 e. The van der Waals surface area contributed by atoms with Crippen molar-refractivity contribution in [2.45, 2.75) is 32.7 Å². The van der Waals surface area contributed by atoms with Crippen LogP contribution < -0.4 is 5.32 Å². The van der Waals surface area contributed by atoms with E-state index in [1.807, 2.05) is 18.7 Å². The number of nitrogens with zero attached hydrogens (tertiary/aromatic N) is 2. The molecule has 2 amide bonds. The maximum absolute atomic E-state index is 12.5. The lowest BCUT2D eigenvalue weighted by Gasteiger charge is -2.26. The van der Waals surface area contributed by atoms with Gasteiger partial charge in [0.05, 0.1) is 0 Å². The van der Waals surface area contributed by atoms with Gasteiger partial charge >= 0.3 is 0 Å². The molecule has 5 nitrogen and oxygen atoms in total. The Bertz CT molecular complexity index is 467. The molecule has 5 heteroatoms. The highest BCUT2D eigenvalue weighted by Crippen LogP contribution is 2.13. The molecule has 0 unspecified atom stereocenters. The topological polar surface area (TPSA) is 62.3 Å². The van der Waals surface area contributed by atoms with Crippen LogP contribution in [0.15, 0.2) is 24.5 Å². The van der Waals surface area contributed by atoms with Crippen molar-refractivity contribution in [2.75, 3.05) is 13.1 Å². The first-order chi connectivity index (χ1) is 9.59. The van der Waals surface area contributed by atoms with E-state index in [0.717, 1.165) is 25.9 Å². The predicted molar refractivity (Wildman–Crippen MR) is 76.1 cm³/mol. The molecule has 1 fully saturated rings. The van der Waals surface area contributed by atoms with Crippen LogP contribution in [-0.2, 0) is 4.79 Å². The fourth-order valence-corrected chi connectivity index (χ4v) is 2.38. The summed E-state index contributed by atoms with van der Waals surface area (Å²) >= 11 is 0. The average molecular weight is 275 g/mol. The van der Waals surface area contributed by atoms with Gasteiger partial charge in [-0.2, -0.15) is 0 Å². The maximum Gasteiger partial charge on any atom is 0.252 e. The third kappa shape index (κ3) is 3.35. The van der Waals surface area contributed by atoms with Gasteiger partial charge < -0.3 is 10.2 Å². The van der Waals surface area contributed by atoms with Gasteiger partial charge in [-0.05, 0) is 30.9 Å². The van der Waals surface area contributed by atoms with E-state index in [4.69, 9.17) is 0 Å². The fourth-order valence-electron chi connectivity index (χ4n) is 2.38. The second-order valence-corrected chi connectivity index (χ2v) is 5.46. The number of pyridine rings is 1. The molecule has 2 rings (SSSR count). The first kappa shape index (κ1) is 14.5. The summed E-state index contributed by atoms with van der Waals surface area (Å²) in [5, 5.41) is 2.85. The molecule has 1 aromatic heterocycles. The van der Waals surface area contributed by atoms with Crippen LogP contribution in [0.5, 0.6) is 0 Å². The van der Waals surface area contributed by atoms with E-state index in [2.05, 4.69) is 10.3 Å². The molecule has 0 aromatic carbocycles. The lowest BCUT2D eigenvalue weighted by atomic mass is 10.0. The predicted octanol–water partition coefficient (Wildman–Crippen LogP) is 1.46. The summed E-state index contributed by atoms with van der Waals surface area (Å²) in [5.41, 5.74) is 0.528. The van der Waals surface area contributed by atoms with E-state index in [9.17, 15) is 9.59 Å². The van der Waals surface area contributed by atoms with Crippen LogP contribution in [0, 0.1) is 5.92 Å². The zero-order chi connectivity index (χ0) is 14.5. The number of carbonyl (C=O) groups excluding carboxylic acids is 2. The summed E-state index contributed by atoms with van der Waals surface area (Å²) in [6.07, 6.45) is 5.24. The summed E-state index contributed by atoms with van der Waals surface area (Å²) in [4.78, 5) is 30.4. The molecule has 1 aliphatic heterocycles. The minimum atomic E-state index is -0.464. The molecule has 1 atom stereocenters. The molecule has 2 heterocycles. The second kappa shape index (κ2) is 6.50. The first-order valence-corrected chi connectivity index (χ1v) is 7.09. The highest BCUT2D eigenvalue weighted by Gasteiger charge is 2.30. The van der Waals surface area contributed by atoms with E-state index in [1.165, 1.54) is 0 Å². The third-order valence-corrected chi connectivity index (χ3v) is 3.58. The summed E-state index contributed by atoms with van der Waals surface area (Å²) in [7, 11) is 0. The SMILES string of the molecule is CC(C)[C@H](NC(=O)c1ccncc1)C(=O)N1CCCC1. The second-order valence-electron chi connectivity index (χ2n) is 5.46. The molecule has 1 saturated heterocycles. The molecule has 1 aromatic rings. The Morgan fingerprint density at radius 3 is 2.35 bits per heavy atom. The Kier molecular flexibility index (Phi) is 4.71. The average Bonchev–Trinajstić information content (AvgIpc) is 2.98. The lowest BCUT2D eigenvalue weighted by Crippen LogP contribution is -2.50. The van der Waals surface area contributed by atoms with Crippen LogP contribution >= 0.6 is 0 Å². The minimum absolute atomic E-state index is 0.0277. The Labute approximate surface area is 119 Å². The molecule has 0 bridgehead atoms. The van der Waals surface area contributed by atoms with Crippen LogP contribution in [0.25, 0.3) is 0 Å².